The molecule has 1 amide bonds. The Balaban J connectivity index is 1.60. The lowest BCUT2D eigenvalue weighted by Gasteiger charge is -2.32. The first-order chi connectivity index (χ1) is 13.1. The van der Waals surface area contributed by atoms with Crippen LogP contribution >= 0.6 is 0 Å². The van der Waals surface area contributed by atoms with Gasteiger partial charge in [-0.3, -0.25) is 14.3 Å². The molecule has 0 spiro atoms. The summed E-state index contributed by atoms with van der Waals surface area (Å²) >= 11 is 0. The Morgan fingerprint density at radius 3 is 2.74 bits per heavy atom. The van der Waals surface area contributed by atoms with Gasteiger partial charge in [0.25, 0.3) is 5.91 Å². The summed E-state index contributed by atoms with van der Waals surface area (Å²) in [5, 5.41) is 4.34. The molecule has 1 atom stereocenters. The van der Waals surface area contributed by atoms with Crippen LogP contribution in [0.3, 0.4) is 0 Å². The van der Waals surface area contributed by atoms with Crippen molar-refractivity contribution < 1.29 is 9.59 Å². The van der Waals surface area contributed by atoms with Gasteiger partial charge in [0.15, 0.2) is 0 Å². The number of hydrogen-bond acceptors (Lipinski definition) is 3. The van der Waals surface area contributed by atoms with Crippen molar-refractivity contribution in [2.24, 2.45) is 5.92 Å². The number of ketones is 1. The molecule has 27 heavy (non-hydrogen) atoms. The molecule has 3 rings (SSSR count). The predicted molar refractivity (Wildman–Crippen MR) is 106 cm³/mol. The van der Waals surface area contributed by atoms with Crippen LogP contribution < -0.4 is 0 Å². The van der Waals surface area contributed by atoms with Crippen molar-refractivity contribution >= 4 is 11.7 Å². The van der Waals surface area contributed by atoms with Gasteiger partial charge < -0.3 is 4.90 Å². The summed E-state index contributed by atoms with van der Waals surface area (Å²) in [6.07, 6.45) is 5.74. The maximum atomic E-state index is 12.9. The van der Waals surface area contributed by atoms with E-state index in [1.54, 1.807) is 6.20 Å². The van der Waals surface area contributed by atoms with E-state index >= 15 is 0 Å². The number of amides is 1. The molecule has 2 heterocycles. The van der Waals surface area contributed by atoms with Gasteiger partial charge in [-0.25, -0.2) is 0 Å². The quantitative estimate of drug-likeness (QED) is 0.750. The summed E-state index contributed by atoms with van der Waals surface area (Å²) in [6, 6.07) is 10.1. The molecule has 1 aromatic carbocycles. The lowest BCUT2D eigenvalue weighted by atomic mass is 9.90. The number of rotatable bonds is 7. The number of carbonyl (C=O) groups excluding carboxylic acids is 2. The molecule has 1 fully saturated rings. The third-order valence-corrected chi connectivity index (χ3v) is 5.44. The van der Waals surface area contributed by atoms with Gasteiger partial charge in [0.1, 0.15) is 5.78 Å². The summed E-state index contributed by atoms with van der Waals surface area (Å²) < 4.78 is 1.89. The fraction of sp³-hybridized carbons (Fsp3) is 0.500. The van der Waals surface area contributed by atoms with Gasteiger partial charge >= 0.3 is 0 Å². The van der Waals surface area contributed by atoms with E-state index in [9.17, 15) is 9.59 Å². The standard InChI is InChI=1S/C22H29N3O2/c1-3-13-25-17(2)20(15-23-25)22(27)24-14-7-10-19(16-24)21(26)12-11-18-8-5-4-6-9-18/h4-6,8-9,15,19H,3,7,10-14,16H2,1-2H3. The van der Waals surface area contributed by atoms with Gasteiger partial charge in [-0.1, -0.05) is 37.3 Å². The average Bonchev–Trinajstić information content (AvgIpc) is 3.07. The van der Waals surface area contributed by atoms with E-state index in [-0.39, 0.29) is 17.6 Å². The topological polar surface area (TPSA) is 55.2 Å². The highest BCUT2D eigenvalue weighted by Crippen LogP contribution is 2.22. The number of hydrogen-bond donors (Lipinski definition) is 0. The molecule has 1 aliphatic heterocycles. The summed E-state index contributed by atoms with van der Waals surface area (Å²) in [5.74, 6) is 0.238. The Hall–Kier alpha value is -2.43. The van der Waals surface area contributed by atoms with E-state index in [2.05, 4.69) is 24.2 Å². The minimum absolute atomic E-state index is 0.00964. The van der Waals surface area contributed by atoms with Crippen LogP contribution in [0.5, 0.6) is 0 Å². The van der Waals surface area contributed by atoms with Gasteiger partial charge in [-0.15, -0.1) is 0 Å². The molecule has 1 saturated heterocycles. The zero-order valence-electron chi connectivity index (χ0n) is 16.4. The Bertz CT molecular complexity index is 782. The number of likely N-dealkylation sites (tertiary alicyclic amines) is 1. The van der Waals surface area contributed by atoms with Crippen molar-refractivity contribution in [1.82, 2.24) is 14.7 Å². The van der Waals surface area contributed by atoms with Gasteiger partial charge in [-0.2, -0.15) is 5.10 Å². The molecular formula is C22H29N3O2. The van der Waals surface area contributed by atoms with Crippen LogP contribution in [0.1, 0.15) is 54.2 Å². The van der Waals surface area contributed by atoms with E-state index in [1.807, 2.05) is 34.7 Å². The second kappa shape index (κ2) is 8.98. The van der Waals surface area contributed by atoms with Crippen LogP contribution in [0.4, 0.5) is 0 Å². The fourth-order valence-corrected chi connectivity index (χ4v) is 3.80. The maximum absolute atomic E-state index is 12.9. The zero-order valence-corrected chi connectivity index (χ0v) is 16.4. The summed E-state index contributed by atoms with van der Waals surface area (Å²) in [5.41, 5.74) is 2.77. The van der Waals surface area contributed by atoms with Crippen molar-refractivity contribution in [2.45, 2.75) is 52.5 Å². The third kappa shape index (κ3) is 4.65. The predicted octanol–water partition coefficient (Wildman–Crippen LogP) is 3.66. The van der Waals surface area contributed by atoms with Crippen molar-refractivity contribution in [2.75, 3.05) is 13.1 Å². The smallest absolute Gasteiger partial charge is 0.257 e. The number of aromatic nitrogens is 2. The number of nitrogens with zero attached hydrogens (tertiary/aromatic N) is 3. The SMILES string of the molecule is CCCn1ncc(C(=O)N2CCCC(C(=O)CCc3ccccc3)C2)c1C. The highest BCUT2D eigenvalue weighted by atomic mass is 16.2. The third-order valence-electron chi connectivity index (χ3n) is 5.44. The first-order valence-corrected chi connectivity index (χ1v) is 9.98. The highest BCUT2D eigenvalue weighted by molar-refractivity contribution is 5.95. The zero-order chi connectivity index (χ0) is 19.2. The highest BCUT2D eigenvalue weighted by Gasteiger charge is 2.29. The molecule has 0 saturated carbocycles. The number of Topliss-reactive ketones (excluding diaryl/α,β-unsaturated/α-hetero) is 1. The van der Waals surface area contributed by atoms with Crippen molar-refractivity contribution in [3.05, 3.63) is 53.3 Å². The van der Waals surface area contributed by atoms with Gasteiger partial charge in [0.2, 0.25) is 0 Å². The van der Waals surface area contributed by atoms with E-state index < -0.39 is 0 Å². The average molecular weight is 367 g/mol. The lowest BCUT2D eigenvalue weighted by Crippen LogP contribution is -2.42. The van der Waals surface area contributed by atoms with Gasteiger partial charge in [0, 0.05) is 37.7 Å². The van der Waals surface area contributed by atoms with E-state index in [4.69, 9.17) is 0 Å². The molecule has 2 aromatic rings. The van der Waals surface area contributed by atoms with Crippen LogP contribution in [0.15, 0.2) is 36.5 Å². The second-order valence-corrected chi connectivity index (χ2v) is 7.41. The van der Waals surface area contributed by atoms with Crippen LogP contribution in [0.25, 0.3) is 0 Å². The largest absolute Gasteiger partial charge is 0.338 e. The minimum Gasteiger partial charge on any atom is -0.338 e. The maximum Gasteiger partial charge on any atom is 0.257 e. The van der Waals surface area contributed by atoms with Crippen molar-refractivity contribution in [1.29, 1.82) is 0 Å². The van der Waals surface area contributed by atoms with Crippen LogP contribution in [0.2, 0.25) is 0 Å². The normalized spacial score (nSPS) is 17.1. The number of carbonyl (C=O) groups is 2. The van der Waals surface area contributed by atoms with Crippen LogP contribution in [0, 0.1) is 12.8 Å². The molecule has 1 aliphatic rings. The Kier molecular flexibility index (Phi) is 6.43. The monoisotopic (exact) mass is 367 g/mol. The lowest BCUT2D eigenvalue weighted by molar-refractivity contribution is -0.124. The summed E-state index contributed by atoms with van der Waals surface area (Å²) in [4.78, 5) is 27.5. The van der Waals surface area contributed by atoms with E-state index in [0.29, 0.717) is 18.5 Å². The van der Waals surface area contributed by atoms with Crippen LogP contribution in [-0.4, -0.2) is 39.5 Å². The van der Waals surface area contributed by atoms with E-state index in [1.165, 1.54) is 5.56 Å². The van der Waals surface area contributed by atoms with Crippen molar-refractivity contribution in [3.8, 4) is 0 Å². The second-order valence-electron chi connectivity index (χ2n) is 7.41. The van der Waals surface area contributed by atoms with E-state index in [0.717, 1.165) is 44.5 Å². The van der Waals surface area contributed by atoms with Gasteiger partial charge in [0.05, 0.1) is 11.8 Å². The molecule has 0 N–H and O–H groups in total. The molecule has 0 bridgehead atoms. The Morgan fingerprint density at radius 1 is 1.22 bits per heavy atom. The molecule has 1 unspecified atom stereocenters. The number of benzene rings is 1. The molecule has 5 nitrogen and oxygen atoms in total. The molecular weight excluding hydrogens is 338 g/mol. The minimum atomic E-state index is -0.0441. The fourth-order valence-electron chi connectivity index (χ4n) is 3.80. The molecule has 1 aromatic heterocycles. The number of aryl methyl sites for hydroxylation is 2. The molecule has 0 radical (unpaired) electrons. The van der Waals surface area contributed by atoms with Gasteiger partial charge in [-0.05, 0) is 38.2 Å². The Labute approximate surface area is 161 Å². The first kappa shape index (κ1) is 19.3. The van der Waals surface area contributed by atoms with Crippen LogP contribution in [-0.2, 0) is 17.8 Å². The van der Waals surface area contributed by atoms with Crippen molar-refractivity contribution in [3.63, 3.8) is 0 Å². The first-order valence-electron chi connectivity index (χ1n) is 9.98. The number of piperidine rings is 1. The molecule has 0 aliphatic carbocycles. The summed E-state index contributed by atoms with van der Waals surface area (Å²) in [6.45, 7) is 6.12. The molecule has 144 valence electrons. The Morgan fingerprint density at radius 2 is 2.00 bits per heavy atom. The summed E-state index contributed by atoms with van der Waals surface area (Å²) in [7, 11) is 0. The molecule has 5 heteroatoms.